The number of hydrogen-bond acceptors (Lipinski definition) is 1. The predicted octanol–water partition coefficient (Wildman–Crippen LogP) is 1.63. The molecule has 0 aromatic heterocycles. The van der Waals surface area contributed by atoms with Crippen molar-refractivity contribution in [1.29, 1.82) is 0 Å². The van der Waals surface area contributed by atoms with Gasteiger partial charge in [-0.25, -0.2) is 0 Å². The first kappa shape index (κ1) is 6.14. The van der Waals surface area contributed by atoms with Gasteiger partial charge in [0.25, 0.3) is 0 Å². The van der Waals surface area contributed by atoms with Crippen molar-refractivity contribution in [2.24, 2.45) is 0 Å². The first-order valence-corrected chi connectivity index (χ1v) is 3.09. The van der Waals surface area contributed by atoms with Crippen molar-refractivity contribution in [3.8, 4) is 0 Å². The van der Waals surface area contributed by atoms with E-state index in [1.54, 1.807) is 0 Å². The first-order valence-electron chi connectivity index (χ1n) is 3.09. The van der Waals surface area contributed by atoms with Crippen LogP contribution >= 0.6 is 0 Å². The molecule has 0 fully saturated rings. The molecule has 1 radical (unpaired) electrons. The van der Waals surface area contributed by atoms with E-state index in [0.29, 0.717) is 0 Å². The number of anilines is 1. The van der Waals surface area contributed by atoms with E-state index in [1.165, 1.54) is 5.56 Å². The van der Waals surface area contributed by atoms with Crippen LogP contribution in [0.3, 0.4) is 0 Å². The Bertz CT molecular complexity index is 194. The molecule has 47 valence electrons. The van der Waals surface area contributed by atoms with Gasteiger partial charge in [0.2, 0.25) is 0 Å². The summed E-state index contributed by atoms with van der Waals surface area (Å²) in [4.78, 5) is 0. The summed E-state index contributed by atoms with van der Waals surface area (Å²) in [7, 11) is 0. The SMILES string of the molecule is CCc1cc[c]c(N)c1. The van der Waals surface area contributed by atoms with E-state index in [-0.39, 0.29) is 0 Å². The zero-order chi connectivity index (χ0) is 6.69. The smallest absolute Gasteiger partial charge is 0.0397 e. The quantitative estimate of drug-likeness (QED) is 0.560. The summed E-state index contributed by atoms with van der Waals surface area (Å²) in [6, 6.07) is 8.71. The van der Waals surface area contributed by atoms with Gasteiger partial charge in [0.1, 0.15) is 0 Å². The van der Waals surface area contributed by atoms with E-state index in [4.69, 9.17) is 5.73 Å². The molecule has 1 aromatic rings. The maximum absolute atomic E-state index is 5.48. The van der Waals surface area contributed by atoms with Crippen LogP contribution in [0.2, 0.25) is 0 Å². The maximum atomic E-state index is 5.48. The maximum Gasteiger partial charge on any atom is 0.0397 e. The Hall–Kier alpha value is -0.980. The Morgan fingerprint density at radius 1 is 1.67 bits per heavy atom. The second-order valence-corrected chi connectivity index (χ2v) is 2.01. The molecule has 0 heterocycles. The van der Waals surface area contributed by atoms with Crippen molar-refractivity contribution in [2.45, 2.75) is 13.3 Å². The third kappa shape index (κ3) is 1.46. The molecular weight excluding hydrogens is 110 g/mol. The molecule has 0 saturated carbocycles. The van der Waals surface area contributed by atoms with Gasteiger partial charge in [-0.1, -0.05) is 19.1 Å². The van der Waals surface area contributed by atoms with E-state index < -0.39 is 0 Å². The fourth-order valence-electron chi connectivity index (χ4n) is 0.754. The van der Waals surface area contributed by atoms with Gasteiger partial charge in [0.05, 0.1) is 0 Å². The predicted molar refractivity (Wildman–Crippen MR) is 39.1 cm³/mol. The van der Waals surface area contributed by atoms with Crippen molar-refractivity contribution >= 4 is 5.69 Å². The van der Waals surface area contributed by atoms with Crippen molar-refractivity contribution in [1.82, 2.24) is 0 Å². The minimum absolute atomic E-state index is 0.731. The van der Waals surface area contributed by atoms with Gasteiger partial charge in [-0.2, -0.15) is 0 Å². The standard InChI is InChI=1S/C8H10N/c1-2-7-4-3-5-8(9)6-7/h3-4,6H,2,9H2,1H3. The van der Waals surface area contributed by atoms with Crippen LogP contribution in [0.4, 0.5) is 5.69 Å². The van der Waals surface area contributed by atoms with Crippen LogP contribution in [0.25, 0.3) is 0 Å². The second kappa shape index (κ2) is 2.53. The molecule has 1 heteroatoms. The molecule has 0 aliphatic heterocycles. The highest BCUT2D eigenvalue weighted by atomic mass is 14.5. The van der Waals surface area contributed by atoms with E-state index >= 15 is 0 Å². The van der Waals surface area contributed by atoms with Crippen LogP contribution in [-0.4, -0.2) is 0 Å². The Morgan fingerprint density at radius 2 is 2.44 bits per heavy atom. The molecule has 0 aliphatic rings. The Labute approximate surface area is 55.5 Å². The molecule has 1 nitrogen and oxygen atoms in total. The highest BCUT2D eigenvalue weighted by molar-refractivity contribution is 5.39. The fraction of sp³-hybridized carbons (Fsp3) is 0.250. The van der Waals surface area contributed by atoms with Gasteiger partial charge >= 0.3 is 0 Å². The number of nitrogens with two attached hydrogens (primary N) is 1. The molecule has 0 atom stereocenters. The van der Waals surface area contributed by atoms with Gasteiger partial charge in [0, 0.05) is 11.8 Å². The zero-order valence-electron chi connectivity index (χ0n) is 5.52. The van der Waals surface area contributed by atoms with Crippen molar-refractivity contribution < 1.29 is 0 Å². The van der Waals surface area contributed by atoms with Crippen LogP contribution in [-0.2, 0) is 6.42 Å². The van der Waals surface area contributed by atoms with Gasteiger partial charge < -0.3 is 5.73 Å². The Morgan fingerprint density at radius 3 is 2.89 bits per heavy atom. The highest BCUT2D eigenvalue weighted by Crippen LogP contribution is 2.05. The zero-order valence-corrected chi connectivity index (χ0v) is 5.52. The lowest BCUT2D eigenvalue weighted by molar-refractivity contribution is 1.14. The van der Waals surface area contributed by atoms with Crippen molar-refractivity contribution in [3.05, 3.63) is 29.8 Å². The lowest BCUT2D eigenvalue weighted by Gasteiger charge is -1.94. The summed E-state index contributed by atoms with van der Waals surface area (Å²) < 4.78 is 0. The molecule has 1 rings (SSSR count). The number of hydrogen-bond donors (Lipinski definition) is 1. The van der Waals surface area contributed by atoms with E-state index in [0.717, 1.165) is 12.1 Å². The average Bonchev–Trinajstić information content (AvgIpc) is 1.88. The molecule has 0 spiro atoms. The Kier molecular flexibility index (Phi) is 1.73. The molecule has 0 aliphatic carbocycles. The Balaban J connectivity index is 2.94. The topological polar surface area (TPSA) is 26.0 Å². The molecule has 0 unspecified atom stereocenters. The van der Waals surface area contributed by atoms with Gasteiger partial charge in [-0.15, -0.1) is 0 Å². The van der Waals surface area contributed by atoms with Crippen molar-refractivity contribution in [2.75, 3.05) is 5.73 Å². The van der Waals surface area contributed by atoms with Gasteiger partial charge in [0.15, 0.2) is 0 Å². The molecule has 0 saturated heterocycles. The van der Waals surface area contributed by atoms with Crippen LogP contribution in [0.15, 0.2) is 18.2 Å². The lowest BCUT2D eigenvalue weighted by Crippen LogP contribution is -1.86. The lowest BCUT2D eigenvalue weighted by atomic mass is 10.1. The van der Waals surface area contributed by atoms with E-state index in [9.17, 15) is 0 Å². The molecule has 0 bridgehead atoms. The third-order valence-electron chi connectivity index (χ3n) is 1.30. The second-order valence-electron chi connectivity index (χ2n) is 2.01. The molecule has 9 heavy (non-hydrogen) atoms. The first-order chi connectivity index (χ1) is 4.33. The normalized spacial score (nSPS) is 9.44. The monoisotopic (exact) mass is 120 g/mol. The summed E-state index contributed by atoms with van der Waals surface area (Å²) >= 11 is 0. The van der Waals surface area contributed by atoms with Crippen LogP contribution in [0.1, 0.15) is 12.5 Å². The summed E-state index contributed by atoms with van der Waals surface area (Å²) in [6.45, 7) is 2.11. The fourth-order valence-corrected chi connectivity index (χ4v) is 0.754. The summed E-state index contributed by atoms with van der Waals surface area (Å²) in [5.74, 6) is 0. The average molecular weight is 120 g/mol. The minimum Gasteiger partial charge on any atom is -0.398 e. The number of benzene rings is 1. The molecular formula is C8H10N. The van der Waals surface area contributed by atoms with Crippen LogP contribution < -0.4 is 5.73 Å². The summed E-state index contributed by atoms with van der Waals surface area (Å²) in [6.07, 6.45) is 1.04. The number of rotatable bonds is 1. The number of aryl methyl sites for hydroxylation is 1. The largest absolute Gasteiger partial charge is 0.398 e. The summed E-state index contributed by atoms with van der Waals surface area (Å²) in [5, 5.41) is 0. The molecule has 1 aromatic carbocycles. The van der Waals surface area contributed by atoms with Gasteiger partial charge in [-0.3, -0.25) is 0 Å². The molecule has 2 N–H and O–H groups in total. The van der Waals surface area contributed by atoms with E-state index in [1.807, 2.05) is 18.2 Å². The highest BCUT2D eigenvalue weighted by Gasteiger charge is 1.86. The van der Waals surface area contributed by atoms with E-state index in [2.05, 4.69) is 13.0 Å². The minimum atomic E-state index is 0.731. The summed E-state index contributed by atoms with van der Waals surface area (Å²) in [5.41, 5.74) is 7.48. The third-order valence-corrected chi connectivity index (χ3v) is 1.30. The van der Waals surface area contributed by atoms with Crippen molar-refractivity contribution in [3.63, 3.8) is 0 Å². The van der Waals surface area contributed by atoms with Crippen LogP contribution in [0.5, 0.6) is 0 Å². The van der Waals surface area contributed by atoms with Gasteiger partial charge in [-0.05, 0) is 18.1 Å². The molecule has 0 amide bonds. The number of nitrogen functional groups attached to an aromatic ring is 1. The van der Waals surface area contributed by atoms with Crippen LogP contribution in [0, 0.1) is 6.07 Å².